The fraction of sp³-hybridized carbons (Fsp3) is 0.462. The Bertz CT molecular complexity index is 631. The first kappa shape index (κ1) is 12.1. The number of nitrogens with one attached hydrogen (secondary N) is 2. The van der Waals surface area contributed by atoms with Crippen LogP contribution in [-0.2, 0) is 13.0 Å². The van der Waals surface area contributed by atoms with E-state index >= 15 is 0 Å². The van der Waals surface area contributed by atoms with Gasteiger partial charge in [-0.3, -0.25) is 4.79 Å². The Kier molecular flexibility index (Phi) is 2.94. The maximum Gasteiger partial charge on any atom is 0.256 e. The second-order valence-electron chi connectivity index (χ2n) is 5.08. The number of rotatable bonds is 2. The van der Waals surface area contributed by atoms with Crippen molar-refractivity contribution in [2.24, 2.45) is 0 Å². The van der Waals surface area contributed by atoms with Crippen LogP contribution in [0.5, 0.6) is 0 Å². The molecule has 3 heterocycles. The summed E-state index contributed by atoms with van der Waals surface area (Å²) < 4.78 is 1.80. The zero-order valence-electron chi connectivity index (χ0n) is 11.1. The maximum atomic E-state index is 12.1. The van der Waals surface area contributed by atoms with E-state index < -0.39 is 0 Å². The van der Waals surface area contributed by atoms with Crippen LogP contribution in [0.15, 0.2) is 12.4 Å². The minimum Gasteiger partial charge on any atom is -0.350 e. The van der Waals surface area contributed by atoms with Crippen LogP contribution in [0.2, 0.25) is 0 Å². The minimum absolute atomic E-state index is 0.101. The van der Waals surface area contributed by atoms with Gasteiger partial charge in [0.1, 0.15) is 5.56 Å². The quantitative estimate of drug-likeness (QED) is 0.824. The third-order valence-electron chi connectivity index (χ3n) is 3.23. The molecule has 0 atom stereocenters. The van der Waals surface area contributed by atoms with Crippen LogP contribution in [0.3, 0.4) is 0 Å². The van der Waals surface area contributed by atoms with Crippen LogP contribution < -0.4 is 10.6 Å². The average molecular weight is 259 g/mol. The van der Waals surface area contributed by atoms with Crippen molar-refractivity contribution >= 4 is 11.6 Å². The molecule has 1 amide bonds. The number of amides is 1. The molecule has 0 bridgehead atoms. The molecule has 6 nitrogen and oxygen atoms in total. The molecule has 0 saturated carbocycles. The summed E-state index contributed by atoms with van der Waals surface area (Å²) in [5, 5.41) is 10.5. The lowest BCUT2D eigenvalue weighted by atomic mass is 10.1. The fourth-order valence-corrected chi connectivity index (χ4v) is 2.36. The summed E-state index contributed by atoms with van der Waals surface area (Å²) in [6.07, 6.45) is 4.34. The average Bonchev–Trinajstić information content (AvgIpc) is 2.82. The van der Waals surface area contributed by atoms with Crippen molar-refractivity contribution in [1.82, 2.24) is 25.2 Å². The molecule has 0 aromatic carbocycles. The Balaban J connectivity index is 2.07. The van der Waals surface area contributed by atoms with Crippen molar-refractivity contribution in [2.75, 3.05) is 6.54 Å². The van der Waals surface area contributed by atoms with Gasteiger partial charge in [0, 0.05) is 37.3 Å². The number of aromatic nitrogens is 3. The van der Waals surface area contributed by atoms with Crippen LogP contribution in [-0.4, -0.2) is 33.1 Å². The summed E-state index contributed by atoms with van der Waals surface area (Å²) in [6, 6.07) is 0.101. The normalized spacial score (nSPS) is 14.7. The smallest absolute Gasteiger partial charge is 0.256 e. The molecular formula is C13H17N5O. The highest BCUT2D eigenvalue weighted by Gasteiger charge is 2.19. The van der Waals surface area contributed by atoms with E-state index in [0.717, 1.165) is 30.8 Å². The number of nitrogens with zero attached hydrogens (tertiary/aromatic N) is 3. The highest BCUT2D eigenvalue weighted by molar-refractivity contribution is 5.99. The molecule has 3 rings (SSSR count). The van der Waals surface area contributed by atoms with E-state index in [0.29, 0.717) is 11.2 Å². The van der Waals surface area contributed by atoms with E-state index in [2.05, 4.69) is 20.7 Å². The van der Waals surface area contributed by atoms with Crippen LogP contribution in [0.1, 0.15) is 35.5 Å². The van der Waals surface area contributed by atoms with Crippen molar-refractivity contribution in [2.45, 2.75) is 32.9 Å². The third kappa shape index (κ3) is 2.08. The lowest BCUT2D eigenvalue weighted by Gasteiger charge is -2.17. The van der Waals surface area contributed by atoms with E-state index in [-0.39, 0.29) is 11.9 Å². The Morgan fingerprint density at radius 1 is 1.47 bits per heavy atom. The maximum absolute atomic E-state index is 12.1. The van der Waals surface area contributed by atoms with Crippen LogP contribution in [0, 0.1) is 0 Å². The number of fused-ring (bicyclic) bond motifs is 3. The number of hydrogen-bond donors (Lipinski definition) is 2. The Hall–Kier alpha value is -1.95. The van der Waals surface area contributed by atoms with Gasteiger partial charge in [-0.2, -0.15) is 5.10 Å². The van der Waals surface area contributed by atoms with Gasteiger partial charge in [-0.25, -0.2) is 9.50 Å². The first-order chi connectivity index (χ1) is 9.16. The number of carbonyl (C=O) groups excluding carboxylic acids is 1. The van der Waals surface area contributed by atoms with Gasteiger partial charge in [-0.1, -0.05) is 0 Å². The van der Waals surface area contributed by atoms with Gasteiger partial charge in [-0.15, -0.1) is 0 Å². The summed E-state index contributed by atoms with van der Waals surface area (Å²) in [4.78, 5) is 16.5. The first-order valence-corrected chi connectivity index (χ1v) is 6.53. The molecule has 0 saturated heterocycles. The molecule has 100 valence electrons. The predicted octanol–water partition coefficient (Wildman–Crippen LogP) is 0.513. The lowest BCUT2D eigenvalue weighted by molar-refractivity contribution is 0.0944. The molecule has 0 radical (unpaired) electrons. The van der Waals surface area contributed by atoms with E-state index in [4.69, 9.17) is 0 Å². The molecule has 2 N–H and O–H groups in total. The zero-order chi connectivity index (χ0) is 13.4. The van der Waals surface area contributed by atoms with Crippen molar-refractivity contribution < 1.29 is 4.79 Å². The fourth-order valence-electron chi connectivity index (χ4n) is 2.36. The topological polar surface area (TPSA) is 71.3 Å². The van der Waals surface area contributed by atoms with E-state index in [9.17, 15) is 4.79 Å². The molecule has 19 heavy (non-hydrogen) atoms. The summed E-state index contributed by atoms with van der Waals surface area (Å²) >= 11 is 0. The molecular weight excluding hydrogens is 242 g/mol. The standard InChI is InChI=1S/C13H17N5O/c1-8(2)17-13(19)10-7-16-18-11-3-4-14-5-9(11)6-15-12(10)18/h6-8,14H,3-5H2,1-2H3,(H,17,19). The predicted molar refractivity (Wildman–Crippen MR) is 71.0 cm³/mol. The molecule has 0 unspecified atom stereocenters. The van der Waals surface area contributed by atoms with Gasteiger partial charge in [0.05, 0.1) is 11.9 Å². The van der Waals surface area contributed by atoms with Crippen LogP contribution in [0.25, 0.3) is 5.65 Å². The molecule has 6 heteroatoms. The molecule has 2 aromatic heterocycles. The molecule has 1 aliphatic rings. The van der Waals surface area contributed by atoms with Gasteiger partial charge in [0.15, 0.2) is 5.65 Å². The van der Waals surface area contributed by atoms with Crippen molar-refractivity contribution in [3.05, 3.63) is 29.2 Å². The van der Waals surface area contributed by atoms with E-state index in [1.807, 2.05) is 20.0 Å². The SMILES string of the molecule is CC(C)NC(=O)c1cnn2c3c(cnc12)CNCC3. The van der Waals surface area contributed by atoms with Gasteiger partial charge >= 0.3 is 0 Å². The molecule has 0 fully saturated rings. The monoisotopic (exact) mass is 259 g/mol. The van der Waals surface area contributed by atoms with Gasteiger partial charge in [-0.05, 0) is 13.8 Å². The van der Waals surface area contributed by atoms with E-state index in [1.165, 1.54) is 0 Å². The van der Waals surface area contributed by atoms with Crippen molar-refractivity contribution in [3.63, 3.8) is 0 Å². The summed E-state index contributed by atoms with van der Waals surface area (Å²) in [7, 11) is 0. The first-order valence-electron chi connectivity index (χ1n) is 6.53. The van der Waals surface area contributed by atoms with E-state index in [1.54, 1.807) is 10.7 Å². The molecule has 1 aliphatic heterocycles. The van der Waals surface area contributed by atoms with Gasteiger partial charge in [0.2, 0.25) is 0 Å². The Morgan fingerprint density at radius 3 is 3.11 bits per heavy atom. The summed E-state index contributed by atoms with van der Waals surface area (Å²) in [6.45, 7) is 5.61. The summed E-state index contributed by atoms with van der Waals surface area (Å²) in [5.41, 5.74) is 3.47. The van der Waals surface area contributed by atoms with Crippen LogP contribution in [0.4, 0.5) is 0 Å². The minimum atomic E-state index is -0.119. The highest BCUT2D eigenvalue weighted by Crippen LogP contribution is 2.16. The largest absolute Gasteiger partial charge is 0.350 e. The summed E-state index contributed by atoms with van der Waals surface area (Å²) in [5.74, 6) is -0.119. The molecule has 0 aliphatic carbocycles. The number of carbonyl (C=O) groups is 1. The van der Waals surface area contributed by atoms with Gasteiger partial charge in [0.25, 0.3) is 5.91 Å². The zero-order valence-corrected chi connectivity index (χ0v) is 11.1. The molecule has 0 spiro atoms. The second kappa shape index (κ2) is 4.62. The number of hydrogen-bond acceptors (Lipinski definition) is 4. The van der Waals surface area contributed by atoms with Crippen molar-refractivity contribution in [3.8, 4) is 0 Å². The lowest BCUT2D eigenvalue weighted by Crippen LogP contribution is -2.30. The Labute approximate surface area is 111 Å². The van der Waals surface area contributed by atoms with Gasteiger partial charge < -0.3 is 10.6 Å². The third-order valence-corrected chi connectivity index (χ3v) is 3.23. The van der Waals surface area contributed by atoms with Crippen molar-refractivity contribution in [1.29, 1.82) is 0 Å². The highest BCUT2D eigenvalue weighted by atomic mass is 16.1. The molecule has 2 aromatic rings. The Morgan fingerprint density at radius 2 is 2.32 bits per heavy atom. The second-order valence-corrected chi connectivity index (χ2v) is 5.08. The van der Waals surface area contributed by atoms with Crippen LogP contribution >= 0.6 is 0 Å².